The molecule has 0 amide bonds. The van der Waals surface area contributed by atoms with Crippen molar-refractivity contribution < 1.29 is 19.8 Å². The van der Waals surface area contributed by atoms with Gasteiger partial charge in [-0.05, 0) is 24.0 Å². The van der Waals surface area contributed by atoms with Crippen molar-refractivity contribution in [1.82, 2.24) is 0 Å². The Kier molecular flexibility index (Phi) is 2.64. The predicted molar refractivity (Wildman–Crippen MR) is 56.4 cm³/mol. The number of rotatable bonds is 2. The highest BCUT2D eigenvalue weighted by Crippen LogP contribution is 2.38. The Morgan fingerprint density at radius 1 is 0.938 bits per heavy atom. The Morgan fingerprint density at radius 2 is 1.31 bits per heavy atom. The molecule has 1 aromatic carbocycles. The molecule has 2 N–H and O–H groups in total. The van der Waals surface area contributed by atoms with E-state index in [-0.39, 0.29) is 0 Å². The molecule has 0 heterocycles. The van der Waals surface area contributed by atoms with E-state index in [1.165, 1.54) is 0 Å². The molecule has 0 radical (unpaired) electrons. The zero-order chi connectivity index (χ0) is 11.7. The quantitative estimate of drug-likeness (QED) is 0.797. The summed E-state index contributed by atoms with van der Waals surface area (Å²) < 4.78 is 0. The lowest BCUT2D eigenvalue weighted by atomic mass is 9.77. The van der Waals surface area contributed by atoms with Crippen LogP contribution in [0.25, 0.3) is 0 Å². The Bertz CT molecular complexity index is 397. The first-order valence-electron chi connectivity index (χ1n) is 5.15. The fourth-order valence-corrected chi connectivity index (χ4v) is 2.30. The second kappa shape index (κ2) is 3.96. The van der Waals surface area contributed by atoms with E-state index in [0.717, 1.165) is 0 Å². The fourth-order valence-electron chi connectivity index (χ4n) is 2.30. The fraction of sp³-hybridized carbons (Fsp3) is 0.333. The Morgan fingerprint density at radius 3 is 1.62 bits per heavy atom. The van der Waals surface area contributed by atoms with E-state index in [1.807, 2.05) is 0 Å². The number of carbonyl (C=O) groups is 2. The Hall–Kier alpha value is -1.84. The van der Waals surface area contributed by atoms with Gasteiger partial charge in [-0.15, -0.1) is 0 Å². The minimum Gasteiger partial charge on any atom is -0.481 e. The molecule has 0 aliphatic heterocycles. The van der Waals surface area contributed by atoms with E-state index in [9.17, 15) is 9.59 Å². The SMILES string of the molecule is O=C(O)C1CCC(C(=O)O)c2ccccc21. The lowest BCUT2D eigenvalue weighted by Crippen LogP contribution is -2.24. The van der Waals surface area contributed by atoms with Gasteiger partial charge >= 0.3 is 11.9 Å². The molecule has 84 valence electrons. The molecule has 4 heteroatoms. The van der Waals surface area contributed by atoms with Crippen LogP contribution in [0.15, 0.2) is 24.3 Å². The third kappa shape index (κ3) is 1.66. The average Bonchev–Trinajstić information content (AvgIpc) is 2.27. The van der Waals surface area contributed by atoms with E-state index in [0.29, 0.717) is 24.0 Å². The van der Waals surface area contributed by atoms with Crippen LogP contribution in [0.4, 0.5) is 0 Å². The third-order valence-corrected chi connectivity index (χ3v) is 3.09. The largest absolute Gasteiger partial charge is 0.481 e. The van der Waals surface area contributed by atoms with Gasteiger partial charge in [0.15, 0.2) is 0 Å². The minimum atomic E-state index is -0.878. The molecule has 16 heavy (non-hydrogen) atoms. The van der Waals surface area contributed by atoms with Crippen molar-refractivity contribution in [1.29, 1.82) is 0 Å². The first kappa shape index (κ1) is 10.7. The van der Waals surface area contributed by atoms with Crippen LogP contribution in [0.5, 0.6) is 0 Å². The maximum atomic E-state index is 11.0. The van der Waals surface area contributed by atoms with Crippen molar-refractivity contribution in [2.45, 2.75) is 24.7 Å². The summed E-state index contributed by atoms with van der Waals surface area (Å²) in [6.45, 7) is 0. The summed E-state index contributed by atoms with van der Waals surface area (Å²) >= 11 is 0. The van der Waals surface area contributed by atoms with Crippen molar-refractivity contribution in [3.63, 3.8) is 0 Å². The van der Waals surface area contributed by atoms with Crippen LogP contribution in [-0.2, 0) is 9.59 Å². The first-order valence-corrected chi connectivity index (χ1v) is 5.15. The molecule has 0 saturated heterocycles. The molecule has 2 unspecified atom stereocenters. The summed E-state index contributed by atoms with van der Waals surface area (Å²) in [5, 5.41) is 18.1. The van der Waals surface area contributed by atoms with Crippen LogP contribution in [0.1, 0.15) is 35.8 Å². The maximum Gasteiger partial charge on any atom is 0.310 e. The molecule has 1 aliphatic rings. The summed E-state index contributed by atoms with van der Waals surface area (Å²) in [4.78, 5) is 22.1. The number of carboxylic acid groups (broad SMARTS) is 2. The molecule has 0 fully saturated rings. The van der Waals surface area contributed by atoms with Crippen LogP contribution in [0.3, 0.4) is 0 Å². The van der Waals surface area contributed by atoms with Crippen LogP contribution in [0, 0.1) is 0 Å². The smallest absolute Gasteiger partial charge is 0.310 e. The van der Waals surface area contributed by atoms with Crippen molar-refractivity contribution in [3.05, 3.63) is 35.4 Å². The van der Waals surface area contributed by atoms with Crippen LogP contribution >= 0.6 is 0 Å². The number of hydrogen-bond donors (Lipinski definition) is 2. The molecular weight excluding hydrogens is 208 g/mol. The van der Waals surface area contributed by atoms with E-state index in [4.69, 9.17) is 10.2 Å². The van der Waals surface area contributed by atoms with Crippen molar-refractivity contribution in [2.75, 3.05) is 0 Å². The van der Waals surface area contributed by atoms with Gasteiger partial charge in [-0.3, -0.25) is 9.59 Å². The third-order valence-electron chi connectivity index (χ3n) is 3.09. The van der Waals surface area contributed by atoms with Crippen molar-refractivity contribution in [3.8, 4) is 0 Å². The van der Waals surface area contributed by atoms with E-state index in [2.05, 4.69) is 0 Å². The Labute approximate surface area is 92.5 Å². The molecule has 4 nitrogen and oxygen atoms in total. The number of hydrogen-bond acceptors (Lipinski definition) is 2. The standard InChI is InChI=1S/C12H12O4/c13-11(14)9-5-6-10(12(15)16)8-4-2-1-3-7(8)9/h1-4,9-10H,5-6H2,(H,13,14)(H,15,16). The second-order valence-electron chi connectivity index (χ2n) is 3.99. The normalized spacial score (nSPS) is 23.5. The van der Waals surface area contributed by atoms with Crippen LogP contribution < -0.4 is 0 Å². The average molecular weight is 220 g/mol. The highest BCUT2D eigenvalue weighted by Gasteiger charge is 2.34. The minimum absolute atomic E-state index is 0.392. The monoisotopic (exact) mass is 220 g/mol. The van der Waals surface area contributed by atoms with Gasteiger partial charge in [-0.2, -0.15) is 0 Å². The molecule has 0 bridgehead atoms. The van der Waals surface area contributed by atoms with Gasteiger partial charge in [0, 0.05) is 0 Å². The predicted octanol–water partition coefficient (Wildman–Crippen LogP) is 1.82. The van der Waals surface area contributed by atoms with Gasteiger partial charge in [0.05, 0.1) is 11.8 Å². The van der Waals surface area contributed by atoms with Gasteiger partial charge in [0.2, 0.25) is 0 Å². The summed E-state index contributed by atoms with van der Waals surface area (Å²) in [5.41, 5.74) is 1.29. The lowest BCUT2D eigenvalue weighted by molar-refractivity contribution is -0.142. The zero-order valence-corrected chi connectivity index (χ0v) is 8.59. The molecule has 1 aromatic rings. The highest BCUT2D eigenvalue weighted by molar-refractivity contribution is 5.82. The lowest BCUT2D eigenvalue weighted by Gasteiger charge is -2.26. The summed E-state index contributed by atoms with van der Waals surface area (Å²) in [6, 6.07) is 6.92. The van der Waals surface area contributed by atoms with Gasteiger partial charge in [0.25, 0.3) is 0 Å². The molecule has 0 spiro atoms. The highest BCUT2D eigenvalue weighted by atomic mass is 16.4. The van der Waals surface area contributed by atoms with Gasteiger partial charge in [-0.25, -0.2) is 0 Å². The number of aliphatic carboxylic acids is 2. The molecule has 0 saturated carbocycles. The summed E-state index contributed by atoms with van der Waals surface area (Å²) in [7, 11) is 0. The molecule has 1 aliphatic carbocycles. The summed E-state index contributed by atoms with van der Waals surface area (Å²) in [5.74, 6) is -2.88. The van der Waals surface area contributed by atoms with Crippen molar-refractivity contribution >= 4 is 11.9 Å². The number of fused-ring (bicyclic) bond motifs is 1. The molecule has 2 atom stereocenters. The van der Waals surface area contributed by atoms with E-state index >= 15 is 0 Å². The van der Waals surface area contributed by atoms with Crippen LogP contribution in [-0.4, -0.2) is 22.2 Å². The zero-order valence-electron chi connectivity index (χ0n) is 8.59. The van der Waals surface area contributed by atoms with Crippen molar-refractivity contribution in [2.24, 2.45) is 0 Å². The van der Waals surface area contributed by atoms with E-state index < -0.39 is 23.8 Å². The number of benzene rings is 1. The van der Waals surface area contributed by atoms with Gasteiger partial charge < -0.3 is 10.2 Å². The molecule has 0 aromatic heterocycles. The maximum absolute atomic E-state index is 11.0. The summed E-state index contributed by atoms with van der Waals surface area (Å²) in [6.07, 6.45) is 0.784. The van der Waals surface area contributed by atoms with Gasteiger partial charge in [-0.1, -0.05) is 24.3 Å². The molecular formula is C12H12O4. The van der Waals surface area contributed by atoms with E-state index in [1.54, 1.807) is 24.3 Å². The number of carboxylic acids is 2. The molecule has 2 rings (SSSR count). The second-order valence-corrected chi connectivity index (χ2v) is 3.99. The first-order chi connectivity index (χ1) is 7.61. The Balaban J connectivity index is 2.48. The van der Waals surface area contributed by atoms with Gasteiger partial charge in [0.1, 0.15) is 0 Å². The topological polar surface area (TPSA) is 74.6 Å². The van der Waals surface area contributed by atoms with Crippen LogP contribution in [0.2, 0.25) is 0 Å².